The summed E-state index contributed by atoms with van der Waals surface area (Å²) in [6, 6.07) is 5.67. The van der Waals surface area contributed by atoms with E-state index in [1.54, 1.807) is 12.1 Å². The van der Waals surface area contributed by atoms with Gasteiger partial charge in [-0.25, -0.2) is 0 Å². The van der Waals surface area contributed by atoms with E-state index in [0.717, 1.165) is 0 Å². The van der Waals surface area contributed by atoms with Crippen LogP contribution in [-0.2, 0) is 0 Å². The molecule has 1 unspecified atom stereocenters. The first kappa shape index (κ1) is 17.2. The lowest BCUT2D eigenvalue weighted by molar-refractivity contribution is 0.171. The average molecular weight is 335 g/mol. The number of nitrogen functional groups attached to an aromatic ring is 1. The van der Waals surface area contributed by atoms with Crippen LogP contribution in [0.5, 0.6) is 0 Å². The van der Waals surface area contributed by atoms with Crippen LogP contribution in [0.3, 0.4) is 0 Å². The number of rotatable bonds is 4. The number of anilines is 1. The van der Waals surface area contributed by atoms with Crippen molar-refractivity contribution in [2.45, 2.75) is 26.0 Å². The topological polar surface area (TPSA) is 82.1 Å². The van der Waals surface area contributed by atoms with E-state index in [0.29, 0.717) is 33.9 Å². The van der Waals surface area contributed by atoms with E-state index in [1.807, 2.05) is 19.9 Å². The fraction of sp³-hybridized carbons (Fsp3) is 0.417. The summed E-state index contributed by atoms with van der Waals surface area (Å²) in [6.07, 6.45) is -0.651. The van der Waals surface area contributed by atoms with Gasteiger partial charge in [-0.3, -0.25) is 0 Å². The number of hydrogen-bond acceptors (Lipinski definition) is 4. The standard InChI is InChI=1S/C12H16BrN3O.ClH/c1-7(2)16-6-11(17)8-3-9(5-14)12(15)10(13)4-8;/h3-4,7,11,16-17H,6,15H2,1-2H3;1H. The van der Waals surface area contributed by atoms with Crippen molar-refractivity contribution in [3.63, 3.8) is 0 Å². The Kier molecular flexibility index (Phi) is 7.26. The number of nitrogens with two attached hydrogens (primary N) is 1. The second-order valence-electron chi connectivity index (χ2n) is 4.15. The molecule has 0 aliphatic heterocycles. The third-order valence-corrected chi connectivity index (χ3v) is 3.03. The van der Waals surface area contributed by atoms with E-state index in [1.165, 1.54) is 0 Å². The SMILES string of the molecule is CC(C)NCC(O)c1cc(Br)c(N)c(C#N)c1.Cl. The zero-order valence-electron chi connectivity index (χ0n) is 10.3. The van der Waals surface area contributed by atoms with E-state index in [-0.39, 0.29) is 12.4 Å². The predicted octanol–water partition coefficient (Wildman–Crippen LogP) is 2.36. The molecule has 100 valence electrons. The van der Waals surface area contributed by atoms with Gasteiger partial charge in [-0.15, -0.1) is 12.4 Å². The molecule has 0 spiro atoms. The predicted molar refractivity (Wildman–Crippen MR) is 78.6 cm³/mol. The Labute approximate surface area is 122 Å². The number of nitrogens with one attached hydrogen (secondary N) is 1. The van der Waals surface area contributed by atoms with Gasteiger partial charge in [0.2, 0.25) is 0 Å². The number of aliphatic hydroxyl groups excluding tert-OH is 1. The van der Waals surface area contributed by atoms with Gasteiger partial charge >= 0.3 is 0 Å². The lowest BCUT2D eigenvalue weighted by atomic mass is 10.0. The second-order valence-corrected chi connectivity index (χ2v) is 5.01. The Morgan fingerprint density at radius 1 is 1.50 bits per heavy atom. The lowest BCUT2D eigenvalue weighted by Crippen LogP contribution is -2.28. The molecule has 4 N–H and O–H groups in total. The average Bonchev–Trinajstić information content (AvgIpc) is 2.29. The first-order valence-corrected chi connectivity index (χ1v) is 6.15. The zero-order chi connectivity index (χ0) is 13.0. The molecule has 0 aliphatic rings. The minimum absolute atomic E-state index is 0. The van der Waals surface area contributed by atoms with E-state index < -0.39 is 6.10 Å². The highest BCUT2D eigenvalue weighted by atomic mass is 79.9. The van der Waals surface area contributed by atoms with Crippen LogP contribution < -0.4 is 11.1 Å². The molecule has 0 radical (unpaired) electrons. The molecule has 1 atom stereocenters. The quantitative estimate of drug-likeness (QED) is 0.738. The van der Waals surface area contributed by atoms with Crippen LogP contribution >= 0.6 is 28.3 Å². The molecule has 4 nitrogen and oxygen atoms in total. The Morgan fingerprint density at radius 3 is 2.61 bits per heavy atom. The molecule has 1 rings (SSSR count). The van der Waals surface area contributed by atoms with Gasteiger partial charge in [-0.2, -0.15) is 5.26 Å². The minimum Gasteiger partial charge on any atom is -0.397 e. The summed E-state index contributed by atoms with van der Waals surface area (Å²) in [4.78, 5) is 0. The largest absolute Gasteiger partial charge is 0.397 e. The lowest BCUT2D eigenvalue weighted by Gasteiger charge is -2.15. The fourth-order valence-electron chi connectivity index (χ4n) is 1.39. The molecule has 0 amide bonds. The van der Waals surface area contributed by atoms with Crippen LogP contribution in [-0.4, -0.2) is 17.7 Å². The van der Waals surface area contributed by atoms with Crippen LogP contribution in [0.4, 0.5) is 5.69 Å². The van der Waals surface area contributed by atoms with E-state index in [2.05, 4.69) is 21.2 Å². The summed E-state index contributed by atoms with van der Waals surface area (Å²) in [5.41, 5.74) is 7.17. The summed E-state index contributed by atoms with van der Waals surface area (Å²) in [6.45, 7) is 4.46. The summed E-state index contributed by atoms with van der Waals surface area (Å²) in [5, 5.41) is 22.0. The number of hydrogen-bond donors (Lipinski definition) is 3. The van der Waals surface area contributed by atoms with Gasteiger partial charge in [0.1, 0.15) is 6.07 Å². The Morgan fingerprint density at radius 2 is 2.11 bits per heavy atom. The van der Waals surface area contributed by atoms with Crippen LogP contribution in [0.25, 0.3) is 0 Å². The van der Waals surface area contributed by atoms with Crippen LogP contribution in [0.15, 0.2) is 16.6 Å². The second kappa shape index (κ2) is 7.59. The fourth-order valence-corrected chi connectivity index (χ4v) is 1.87. The smallest absolute Gasteiger partial charge is 0.101 e. The van der Waals surface area contributed by atoms with Crippen molar-refractivity contribution in [2.75, 3.05) is 12.3 Å². The van der Waals surface area contributed by atoms with Gasteiger partial charge in [-0.1, -0.05) is 13.8 Å². The number of nitrogens with zero attached hydrogens (tertiary/aromatic N) is 1. The highest BCUT2D eigenvalue weighted by molar-refractivity contribution is 9.10. The van der Waals surface area contributed by atoms with E-state index >= 15 is 0 Å². The maximum atomic E-state index is 9.97. The number of halogens is 2. The molecule has 0 fully saturated rings. The number of nitriles is 1. The summed E-state index contributed by atoms with van der Waals surface area (Å²) in [5.74, 6) is 0. The van der Waals surface area contributed by atoms with Gasteiger partial charge in [0.15, 0.2) is 0 Å². The van der Waals surface area contributed by atoms with Gasteiger partial charge in [-0.05, 0) is 33.6 Å². The third kappa shape index (κ3) is 4.46. The summed E-state index contributed by atoms with van der Waals surface area (Å²) < 4.78 is 0.634. The van der Waals surface area contributed by atoms with Crippen molar-refractivity contribution in [1.82, 2.24) is 5.32 Å². The van der Waals surface area contributed by atoms with E-state index in [4.69, 9.17) is 11.0 Å². The normalized spacial score (nSPS) is 11.8. The summed E-state index contributed by atoms with van der Waals surface area (Å²) >= 11 is 3.28. The van der Waals surface area contributed by atoms with Crippen LogP contribution in [0.2, 0.25) is 0 Å². The van der Waals surface area contributed by atoms with Crippen molar-refractivity contribution < 1.29 is 5.11 Å². The first-order chi connectivity index (χ1) is 7.95. The molecule has 18 heavy (non-hydrogen) atoms. The minimum atomic E-state index is -0.651. The molecule has 1 aromatic rings. The number of aliphatic hydroxyl groups is 1. The first-order valence-electron chi connectivity index (χ1n) is 5.36. The zero-order valence-corrected chi connectivity index (χ0v) is 12.7. The van der Waals surface area contributed by atoms with Crippen LogP contribution in [0, 0.1) is 11.3 Å². The Balaban J connectivity index is 0.00000289. The molecule has 0 aliphatic carbocycles. The van der Waals surface area contributed by atoms with Crippen molar-refractivity contribution >= 4 is 34.0 Å². The third-order valence-electron chi connectivity index (χ3n) is 2.38. The highest BCUT2D eigenvalue weighted by Crippen LogP contribution is 2.27. The van der Waals surface area contributed by atoms with Crippen molar-refractivity contribution in [2.24, 2.45) is 0 Å². The van der Waals surface area contributed by atoms with Crippen molar-refractivity contribution in [3.05, 3.63) is 27.7 Å². The van der Waals surface area contributed by atoms with Crippen molar-refractivity contribution in [1.29, 1.82) is 5.26 Å². The molecule has 0 heterocycles. The molecule has 0 aromatic heterocycles. The molecule has 6 heteroatoms. The number of benzene rings is 1. The maximum absolute atomic E-state index is 9.97. The van der Waals surface area contributed by atoms with Gasteiger partial charge < -0.3 is 16.2 Å². The Hall–Kier alpha value is -0.800. The van der Waals surface area contributed by atoms with Crippen LogP contribution in [0.1, 0.15) is 31.1 Å². The summed E-state index contributed by atoms with van der Waals surface area (Å²) in [7, 11) is 0. The molecule has 0 saturated heterocycles. The molecule has 1 aromatic carbocycles. The highest BCUT2D eigenvalue weighted by Gasteiger charge is 2.12. The maximum Gasteiger partial charge on any atom is 0.101 e. The van der Waals surface area contributed by atoms with Gasteiger partial charge in [0.25, 0.3) is 0 Å². The molecule has 0 bridgehead atoms. The monoisotopic (exact) mass is 333 g/mol. The Bertz CT molecular complexity index is 446. The van der Waals surface area contributed by atoms with Gasteiger partial charge in [0, 0.05) is 17.1 Å². The van der Waals surface area contributed by atoms with Crippen molar-refractivity contribution in [3.8, 4) is 6.07 Å². The molecule has 0 saturated carbocycles. The molecular weight excluding hydrogens is 318 g/mol. The van der Waals surface area contributed by atoms with Gasteiger partial charge in [0.05, 0.1) is 17.4 Å². The van der Waals surface area contributed by atoms with E-state index in [9.17, 15) is 5.11 Å². The molecular formula is C12H17BrClN3O.